The van der Waals surface area contributed by atoms with Gasteiger partial charge in [-0.1, -0.05) is 66.7 Å². The maximum absolute atomic E-state index is 12.1. The Morgan fingerprint density at radius 2 is 1.67 bits per heavy atom. The maximum atomic E-state index is 12.1. The molecule has 136 valence electrons. The molecule has 1 aliphatic rings. The van der Waals surface area contributed by atoms with Crippen LogP contribution < -0.4 is 15.3 Å². The smallest absolute Gasteiger partial charge is 0.254 e. The van der Waals surface area contributed by atoms with E-state index in [0.717, 1.165) is 27.7 Å². The second-order valence-electron chi connectivity index (χ2n) is 6.41. The van der Waals surface area contributed by atoms with Crippen molar-refractivity contribution in [2.75, 3.05) is 5.75 Å². The highest BCUT2D eigenvalue weighted by Gasteiger charge is 2.12. The van der Waals surface area contributed by atoms with Crippen molar-refractivity contribution in [1.29, 1.82) is 0 Å². The van der Waals surface area contributed by atoms with Crippen molar-refractivity contribution >= 4 is 16.1 Å². The van der Waals surface area contributed by atoms with Gasteiger partial charge in [-0.2, -0.15) is 4.40 Å². The zero-order valence-electron chi connectivity index (χ0n) is 14.7. The number of benzene rings is 3. The first-order valence-corrected chi connectivity index (χ1v) is 10.4. The molecule has 0 aliphatic carbocycles. The lowest BCUT2D eigenvalue weighted by molar-refractivity contribution is 0.306. The summed E-state index contributed by atoms with van der Waals surface area (Å²) in [5.41, 5.74) is 2.83. The quantitative estimate of drug-likeness (QED) is 0.702. The van der Waals surface area contributed by atoms with Gasteiger partial charge in [0.1, 0.15) is 12.4 Å². The van der Waals surface area contributed by atoms with Crippen molar-refractivity contribution in [1.82, 2.24) is 0 Å². The molecule has 0 aromatic heterocycles. The molecule has 3 aromatic rings. The van der Waals surface area contributed by atoms with Gasteiger partial charge in [0.15, 0.2) is 0 Å². The van der Waals surface area contributed by atoms with E-state index in [0.29, 0.717) is 18.4 Å². The van der Waals surface area contributed by atoms with Crippen molar-refractivity contribution in [2.24, 2.45) is 4.40 Å². The van der Waals surface area contributed by atoms with Crippen LogP contribution in [0.25, 0.3) is 17.2 Å². The third-order valence-corrected chi connectivity index (χ3v) is 5.66. The molecular formula is C22H19NO3S. The van der Waals surface area contributed by atoms with Crippen LogP contribution in [0.5, 0.6) is 5.75 Å². The van der Waals surface area contributed by atoms with Crippen molar-refractivity contribution in [3.63, 3.8) is 0 Å². The summed E-state index contributed by atoms with van der Waals surface area (Å²) in [6, 6.07) is 23.4. The normalized spacial score (nSPS) is 15.0. The zero-order valence-corrected chi connectivity index (χ0v) is 15.5. The first-order chi connectivity index (χ1) is 13.1. The summed E-state index contributed by atoms with van der Waals surface area (Å²) in [7, 11) is -3.44. The predicted octanol–water partition coefficient (Wildman–Crippen LogP) is 3.07. The van der Waals surface area contributed by atoms with E-state index in [-0.39, 0.29) is 5.75 Å². The first-order valence-electron chi connectivity index (χ1n) is 8.80. The van der Waals surface area contributed by atoms with Gasteiger partial charge in [-0.25, -0.2) is 8.42 Å². The molecule has 0 spiro atoms. The van der Waals surface area contributed by atoms with Crippen LogP contribution in [0.1, 0.15) is 12.0 Å². The van der Waals surface area contributed by atoms with Crippen LogP contribution in [-0.4, -0.2) is 14.2 Å². The molecule has 27 heavy (non-hydrogen) atoms. The average molecular weight is 377 g/mol. The van der Waals surface area contributed by atoms with E-state index in [1.807, 2.05) is 78.9 Å². The lowest BCUT2D eigenvalue weighted by Crippen LogP contribution is -2.27. The molecule has 0 unspecified atom stereocenters. The molecule has 0 fully saturated rings. The largest absolute Gasteiger partial charge is 0.489 e. The minimum absolute atomic E-state index is 0.0490. The Hall–Kier alpha value is -2.92. The van der Waals surface area contributed by atoms with Crippen molar-refractivity contribution in [3.8, 4) is 16.9 Å². The van der Waals surface area contributed by atoms with E-state index in [1.54, 1.807) is 0 Å². The van der Waals surface area contributed by atoms with Crippen LogP contribution in [0.2, 0.25) is 0 Å². The van der Waals surface area contributed by atoms with Gasteiger partial charge in [0.05, 0.1) is 11.1 Å². The highest BCUT2D eigenvalue weighted by atomic mass is 32.2. The van der Waals surface area contributed by atoms with Gasteiger partial charge in [-0.3, -0.25) is 0 Å². The van der Waals surface area contributed by atoms with E-state index in [1.165, 1.54) is 0 Å². The van der Waals surface area contributed by atoms with Crippen LogP contribution >= 0.6 is 0 Å². The lowest BCUT2D eigenvalue weighted by atomic mass is 10.0. The molecule has 0 radical (unpaired) electrons. The summed E-state index contributed by atoms with van der Waals surface area (Å²) in [6.45, 7) is 0.503. The molecule has 0 atom stereocenters. The Morgan fingerprint density at radius 1 is 0.889 bits per heavy atom. The van der Waals surface area contributed by atoms with Gasteiger partial charge in [-0.05, 0) is 34.9 Å². The molecule has 0 amide bonds. The fourth-order valence-electron chi connectivity index (χ4n) is 3.08. The van der Waals surface area contributed by atoms with Gasteiger partial charge < -0.3 is 4.74 Å². The Kier molecular flexibility index (Phi) is 4.77. The molecule has 4 nitrogen and oxygen atoms in total. The van der Waals surface area contributed by atoms with Crippen LogP contribution in [0, 0.1) is 0 Å². The van der Waals surface area contributed by atoms with Gasteiger partial charge >= 0.3 is 0 Å². The van der Waals surface area contributed by atoms with E-state index in [2.05, 4.69) is 4.40 Å². The Bertz CT molecular complexity index is 1170. The SMILES string of the molecule is O=S1(=O)CCC=c2cccc(-c3ccc(OCc4ccccc4)cc3)c2=N1. The van der Waals surface area contributed by atoms with Gasteiger partial charge in [-0.15, -0.1) is 0 Å². The number of sulfonamides is 1. The number of fused-ring (bicyclic) bond motifs is 1. The van der Waals surface area contributed by atoms with Crippen LogP contribution in [-0.2, 0) is 16.6 Å². The molecule has 0 N–H and O–H groups in total. The van der Waals surface area contributed by atoms with Gasteiger partial charge in [0.25, 0.3) is 10.0 Å². The van der Waals surface area contributed by atoms with Crippen molar-refractivity contribution in [3.05, 3.63) is 88.9 Å². The third kappa shape index (κ3) is 4.09. The van der Waals surface area contributed by atoms with Crippen LogP contribution in [0.4, 0.5) is 0 Å². The molecule has 1 heterocycles. The summed E-state index contributed by atoms with van der Waals surface area (Å²) in [5.74, 6) is 0.814. The second-order valence-corrected chi connectivity index (χ2v) is 8.17. The summed E-state index contributed by atoms with van der Waals surface area (Å²) < 4.78 is 34.0. The Morgan fingerprint density at radius 3 is 2.44 bits per heavy atom. The zero-order chi connectivity index (χ0) is 18.7. The summed E-state index contributed by atoms with van der Waals surface area (Å²) in [5, 5.41) is 1.38. The van der Waals surface area contributed by atoms with Crippen molar-refractivity contribution < 1.29 is 13.2 Å². The number of hydrogen-bond donors (Lipinski definition) is 0. The fraction of sp³-hybridized carbons (Fsp3) is 0.136. The molecular weight excluding hydrogens is 358 g/mol. The number of ether oxygens (including phenoxy) is 1. The molecule has 0 saturated carbocycles. The predicted molar refractivity (Wildman–Crippen MR) is 106 cm³/mol. The molecule has 4 rings (SSSR count). The van der Waals surface area contributed by atoms with E-state index < -0.39 is 10.0 Å². The Labute approximate surface area is 158 Å². The van der Waals surface area contributed by atoms with Gasteiger partial charge in [0, 0.05) is 5.56 Å². The Balaban J connectivity index is 1.65. The fourth-order valence-corrected chi connectivity index (χ4v) is 4.07. The van der Waals surface area contributed by atoms with E-state index >= 15 is 0 Å². The summed E-state index contributed by atoms with van der Waals surface area (Å²) in [4.78, 5) is 0. The highest BCUT2D eigenvalue weighted by molar-refractivity contribution is 7.90. The standard InChI is InChI=1S/C22H19NO3S/c24-27(25)15-5-9-19-8-4-10-21(22(19)23-27)18-11-13-20(14-12-18)26-16-17-6-2-1-3-7-17/h1-4,6-14H,5,15-16H2. The minimum Gasteiger partial charge on any atom is -0.489 e. The van der Waals surface area contributed by atoms with E-state index in [4.69, 9.17) is 4.74 Å². The van der Waals surface area contributed by atoms with Crippen molar-refractivity contribution in [2.45, 2.75) is 13.0 Å². The summed E-state index contributed by atoms with van der Waals surface area (Å²) >= 11 is 0. The first kappa shape index (κ1) is 17.5. The number of nitrogens with zero attached hydrogens (tertiary/aromatic N) is 1. The topological polar surface area (TPSA) is 55.7 Å². The minimum atomic E-state index is -3.44. The van der Waals surface area contributed by atoms with Crippen LogP contribution in [0.15, 0.2) is 77.2 Å². The molecule has 3 aromatic carbocycles. The molecule has 0 saturated heterocycles. The van der Waals surface area contributed by atoms with Crippen LogP contribution in [0.3, 0.4) is 0 Å². The molecule has 5 heteroatoms. The number of hydrogen-bond acceptors (Lipinski definition) is 3. The van der Waals surface area contributed by atoms with Gasteiger partial charge in [0.2, 0.25) is 0 Å². The third-order valence-electron chi connectivity index (χ3n) is 4.45. The molecule has 0 bridgehead atoms. The average Bonchev–Trinajstić information content (AvgIpc) is 2.84. The molecule has 1 aliphatic heterocycles. The maximum Gasteiger partial charge on any atom is 0.254 e. The highest BCUT2D eigenvalue weighted by Crippen LogP contribution is 2.20. The summed E-state index contributed by atoms with van der Waals surface area (Å²) in [6.07, 6.45) is 2.42. The van der Waals surface area contributed by atoms with E-state index in [9.17, 15) is 8.42 Å². The lowest BCUT2D eigenvalue weighted by Gasteiger charge is -2.08. The second kappa shape index (κ2) is 7.37. The number of rotatable bonds is 4. The monoisotopic (exact) mass is 377 g/mol.